The molecule has 25 heavy (non-hydrogen) atoms. The quantitative estimate of drug-likeness (QED) is 0.357. The van der Waals surface area contributed by atoms with Gasteiger partial charge in [-0.3, -0.25) is 0 Å². The maximum Gasteiger partial charge on any atom is 0.0229 e. The van der Waals surface area contributed by atoms with Gasteiger partial charge in [-0.05, 0) is 74.7 Å². The Bertz CT molecular complexity index is 344. The normalized spacial score (nSPS) is 40.8. The number of thioether (sulfide) groups is 5. The average molecular weight is 435 g/mol. The van der Waals surface area contributed by atoms with Crippen LogP contribution >= 0.6 is 58.8 Å². The predicted octanol–water partition coefficient (Wildman–Crippen LogP) is 6.53. The Balaban J connectivity index is 1.04. The van der Waals surface area contributed by atoms with Crippen molar-refractivity contribution >= 4 is 58.8 Å². The number of hydrogen-bond acceptors (Lipinski definition) is 5. The molecule has 0 radical (unpaired) electrons. The molecule has 0 aromatic heterocycles. The van der Waals surface area contributed by atoms with Gasteiger partial charge in [-0.1, -0.05) is 0 Å². The molecule has 2 atom stereocenters. The summed E-state index contributed by atoms with van der Waals surface area (Å²) in [5, 5.41) is 4.06. The highest BCUT2D eigenvalue weighted by molar-refractivity contribution is 8.09. The molecule has 2 saturated heterocycles. The third-order valence-electron chi connectivity index (χ3n) is 6.09. The molecule has 4 fully saturated rings. The van der Waals surface area contributed by atoms with Crippen molar-refractivity contribution in [3.8, 4) is 0 Å². The monoisotopic (exact) mass is 434 g/mol. The topological polar surface area (TPSA) is 0 Å². The van der Waals surface area contributed by atoms with E-state index < -0.39 is 0 Å². The third-order valence-corrected chi connectivity index (χ3v) is 12.9. The molecule has 2 heterocycles. The van der Waals surface area contributed by atoms with Crippen LogP contribution in [0.15, 0.2) is 0 Å². The van der Waals surface area contributed by atoms with Gasteiger partial charge < -0.3 is 0 Å². The van der Waals surface area contributed by atoms with Crippen LogP contribution in [0.2, 0.25) is 0 Å². The van der Waals surface area contributed by atoms with Crippen LogP contribution in [0.5, 0.6) is 0 Å². The first-order valence-corrected chi connectivity index (χ1v) is 15.7. The summed E-state index contributed by atoms with van der Waals surface area (Å²) in [5.41, 5.74) is 0. The van der Waals surface area contributed by atoms with Crippen LogP contribution in [0.4, 0.5) is 0 Å². The number of rotatable bonds is 10. The van der Waals surface area contributed by atoms with Gasteiger partial charge in [0.1, 0.15) is 0 Å². The first kappa shape index (κ1) is 20.0. The van der Waals surface area contributed by atoms with Crippen molar-refractivity contribution in [3.05, 3.63) is 0 Å². The second-order valence-electron chi connectivity index (χ2n) is 8.41. The molecule has 2 aliphatic heterocycles. The smallest absolute Gasteiger partial charge is 0.0229 e. The number of hydrogen-bond donors (Lipinski definition) is 0. The van der Waals surface area contributed by atoms with Crippen molar-refractivity contribution in [1.82, 2.24) is 0 Å². The van der Waals surface area contributed by atoms with Gasteiger partial charge in [0.05, 0.1) is 0 Å². The van der Waals surface area contributed by atoms with E-state index in [9.17, 15) is 0 Å². The summed E-state index contributed by atoms with van der Waals surface area (Å²) in [6.45, 7) is 0. The minimum Gasteiger partial charge on any atom is -0.161 e. The van der Waals surface area contributed by atoms with Gasteiger partial charge in [0.25, 0.3) is 0 Å². The van der Waals surface area contributed by atoms with E-state index in [0.29, 0.717) is 0 Å². The SMILES string of the molecule is C1CC(SC2CCC(CSCC3CS3)CC2)CCC1CSCC1CS1. The highest BCUT2D eigenvalue weighted by Crippen LogP contribution is 2.42. The van der Waals surface area contributed by atoms with Crippen molar-refractivity contribution in [3.63, 3.8) is 0 Å². The highest BCUT2D eigenvalue weighted by atomic mass is 32.2. The van der Waals surface area contributed by atoms with Gasteiger partial charge in [0.15, 0.2) is 0 Å². The summed E-state index contributed by atoms with van der Waals surface area (Å²) in [6, 6.07) is 0. The summed E-state index contributed by atoms with van der Waals surface area (Å²) >= 11 is 11.2. The minimum absolute atomic E-state index is 1.00. The fraction of sp³-hybridized carbons (Fsp3) is 1.00. The van der Waals surface area contributed by atoms with Crippen LogP contribution in [0, 0.1) is 11.8 Å². The molecular weight excluding hydrogens is 401 g/mol. The molecule has 0 spiro atoms. The Labute approximate surface area is 176 Å². The predicted molar refractivity (Wildman–Crippen MR) is 126 cm³/mol. The molecule has 0 nitrogen and oxygen atoms in total. The molecular formula is C20H34S5. The van der Waals surface area contributed by atoms with Gasteiger partial charge in [0, 0.05) is 44.0 Å². The van der Waals surface area contributed by atoms with Crippen molar-refractivity contribution < 1.29 is 0 Å². The van der Waals surface area contributed by atoms with Crippen molar-refractivity contribution in [2.75, 3.05) is 34.5 Å². The van der Waals surface area contributed by atoms with Crippen molar-refractivity contribution in [2.45, 2.75) is 72.4 Å². The van der Waals surface area contributed by atoms with E-state index in [1.54, 1.807) is 0 Å². The fourth-order valence-electron chi connectivity index (χ4n) is 4.20. The summed E-state index contributed by atoms with van der Waals surface area (Å²) in [7, 11) is 0. The van der Waals surface area contributed by atoms with Crippen LogP contribution in [0.1, 0.15) is 51.4 Å². The van der Waals surface area contributed by atoms with Crippen LogP contribution in [0.25, 0.3) is 0 Å². The summed E-state index contributed by atoms with van der Waals surface area (Å²) in [5.74, 6) is 10.7. The van der Waals surface area contributed by atoms with Crippen molar-refractivity contribution in [2.24, 2.45) is 11.8 Å². The third kappa shape index (κ3) is 7.59. The minimum atomic E-state index is 1.00. The summed E-state index contributed by atoms with van der Waals surface area (Å²) < 4.78 is 0. The molecule has 0 amide bonds. The molecule has 0 aromatic rings. The van der Waals surface area contributed by atoms with E-state index in [1.807, 2.05) is 0 Å². The highest BCUT2D eigenvalue weighted by Gasteiger charge is 2.29. The van der Waals surface area contributed by atoms with Gasteiger partial charge in [-0.2, -0.15) is 58.8 Å². The lowest BCUT2D eigenvalue weighted by Crippen LogP contribution is -2.24. The molecule has 2 saturated carbocycles. The van der Waals surface area contributed by atoms with Crippen LogP contribution < -0.4 is 0 Å². The van der Waals surface area contributed by atoms with E-state index in [1.165, 1.54) is 85.9 Å². The first-order chi connectivity index (χ1) is 12.3. The zero-order valence-corrected chi connectivity index (χ0v) is 19.5. The maximum absolute atomic E-state index is 2.40. The molecule has 0 bridgehead atoms. The molecule has 0 N–H and O–H groups in total. The molecule has 2 unspecified atom stereocenters. The first-order valence-electron chi connectivity index (χ1n) is 10.4. The Hall–Kier alpha value is 1.75. The van der Waals surface area contributed by atoms with E-state index in [0.717, 1.165) is 32.8 Å². The lowest BCUT2D eigenvalue weighted by molar-refractivity contribution is 0.385. The lowest BCUT2D eigenvalue weighted by atomic mass is 9.90. The zero-order chi connectivity index (χ0) is 16.9. The molecule has 2 aliphatic carbocycles. The standard InChI is InChI=1S/C20H34S5/c1-5-17(6-2-15(1)9-21-11-19-13-23-19)25-18-7-3-16(4-8-18)10-22-12-20-14-24-20/h15-20H,1-14H2. The van der Waals surface area contributed by atoms with E-state index in [2.05, 4.69) is 58.8 Å². The molecule has 4 rings (SSSR count). The molecule has 0 aromatic carbocycles. The molecule has 144 valence electrons. The zero-order valence-electron chi connectivity index (χ0n) is 15.4. The Morgan fingerprint density at radius 1 is 0.560 bits per heavy atom. The Morgan fingerprint density at radius 3 is 1.32 bits per heavy atom. The summed E-state index contributed by atoms with van der Waals surface area (Å²) in [6.07, 6.45) is 12.2. The Kier molecular flexibility index (Phi) is 8.42. The van der Waals surface area contributed by atoms with Crippen LogP contribution in [0.3, 0.4) is 0 Å². The Morgan fingerprint density at radius 2 is 0.960 bits per heavy atom. The van der Waals surface area contributed by atoms with E-state index in [4.69, 9.17) is 0 Å². The van der Waals surface area contributed by atoms with Crippen LogP contribution in [-0.4, -0.2) is 55.5 Å². The second-order valence-corrected chi connectivity index (χ2v) is 14.8. The summed E-state index contributed by atoms with van der Waals surface area (Å²) in [4.78, 5) is 0. The van der Waals surface area contributed by atoms with Gasteiger partial charge >= 0.3 is 0 Å². The van der Waals surface area contributed by atoms with Crippen LogP contribution in [-0.2, 0) is 0 Å². The maximum atomic E-state index is 2.40. The van der Waals surface area contributed by atoms with Gasteiger partial charge in [0.2, 0.25) is 0 Å². The molecule has 5 heteroatoms. The van der Waals surface area contributed by atoms with Crippen molar-refractivity contribution in [1.29, 1.82) is 0 Å². The largest absolute Gasteiger partial charge is 0.161 e. The fourth-order valence-corrected chi connectivity index (χ4v) is 10.4. The molecule has 4 aliphatic rings. The lowest BCUT2D eigenvalue weighted by Gasteiger charge is -2.33. The average Bonchev–Trinajstić information content (AvgIpc) is 3.53. The second kappa shape index (κ2) is 10.5. The van der Waals surface area contributed by atoms with Gasteiger partial charge in [-0.15, -0.1) is 0 Å². The van der Waals surface area contributed by atoms with E-state index in [-0.39, 0.29) is 0 Å². The van der Waals surface area contributed by atoms with Gasteiger partial charge in [-0.25, -0.2) is 0 Å². The van der Waals surface area contributed by atoms with E-state index >= 15 is 0 Å².